The van der Waals surface area contributed by atoms with Gasteiger partial charge >= 0.3 is 6.01 Å². The number of aromatic nitrogens is 2. The third kappa shape index (κ3) is 3.33. The first-order chi connectivity index (χ1) is 6.39. The molecule has 0 bridgehead atoms. The van der Waals surface area contributed by atoms with E-state index in [1.807, 2.05) is 13.8 Å². The van der Waals surface area contributed by atoms with Gasteiger partial charge in [-0.15, -0.1) is 5.10 Å². The van der Waals surface area contributed by atoms with Gasteiger partial charge in [-0.3, -0.25) is 0 Å². The van der Waals surface area contributed by atoms with Gasteiger partial charge in [0.2, 0.25) is 5.89 Å². The summed E-state index contributed by atoms with van der Waals surface area (Å²) in [5.41, 5.74) is 5.16. The highest BCUT2D eigenvalue weighted by atomic mass is 32.2. The fourth-order valence-corrected chi connectivity index (χ4v) is 2.71. The molecule has 0 amide bonds. The van der Waals surface area contributed by atoms with Crippen molar-refractivity contribution in [2.75, 3.05) is 11.5 Å². The minimum atomic E-state index is -3.17. The SMILES string of the molecule is CC(C)CS(=O)(=O)Cc1nnc(N)o1. The fourth-order valence-electron chi connectivity index (χ4n) is 1.08. The summed E-state index contributed by atoms with van der Waals surface area (Å²) in [5, 5.41) is 6.86. The van der Waals surface area contributed by atoms with Gasteiger partial charge in [-0.2, -0.15) is 0 Å². The molecule has 6 nitrogen and oxygen atoms in total. The van der Waals surface area contributed by atoms with Crippen LogP contribution in [0, 0.1) is 5.92 Å². The zero-order valence-corrected chi connectivity index (χ0v) is 8.91. The van der Waals surface area contributed by atoms with Crippen LogP contribution in [0.4, 0.5) is 6.01 Å². The van der Waals surface area contributed by atoms with Crippen molar-refractivity contribution in [1.29, 1.82) is 0 Å². The van der Waals surface area contributed by atoms with Gasteiger partial charge in [-0.05, 0) is 5.92 Å². The highest BCUT2D eigenvalue weighted by Gasteiger charge is 2.17. The van der Waals surface area contributed by atoms with Gasteiger partial charge in [0.15, 0.2) is 9.84 Å². The Balaban J connectivity index is 2.69. The topological polar surface area (TPSA) is 99.1 Å². The molecule has 1 heterocycles. The lowest BCUT2D eigenvalue weighted by Gasteiger charge is -2.03. The second-order valence-corrected chi connectivity index (χ2v) is 5.59. The molecular weight excluding hydrogens is 206 g/mol. The summed E-state index contributed by atoms with van der Waals surface area (Å²) >= 11 is 0. The maximum Gasteiger partial charge on any atom is 0.312 e. The number of rotatable bonds is 4. The molecule has 1 aromatic rings. The van der Waals surface area contributed by atoms with Crippen molar-refractivity contribution < 1.29 is 12.8 Å². The first-order valence-electron chi connectivity index (χ1n) is 4.17. The van der Waals surface area contributed by atoms with Crippen molar-refractivity contribution in [3.8, 4) is 0 Å². The third-order valence-electron chi connectivity index (χ3n) is 1.41. The normalized spacial score (nSPS) is 12.2. The molecule has 0 aliphatic heterocycles. The van der Waals surface area contributed by atoms with Crippen molar-refractivity contribution in [3.63, 3.8) is 0 Å². The molecule has 0 saturated heterocycles. The number of nitrogens with zero attached hydrogens (tertiary/aromatic N) is 2. The average Bonchev–Trinajstić information content (AvgIpc) is 2.30. The Labute approximate surface area is 82.4 Å². The monoisotopic (exact) mass is 219 g/mol. The Morgan fingerprint density at radius 3 is 2.50 bits per heavy atom. The molecule has 14 heavy (non-hydrogen) atoms. The van der Waals surface area contributed by atoms with Crippen LogP contribution in [-0.2, 0) is 15.6 Å². The average molecular weight is 219 g/mol. The van der Waals surface area contributed by atoms with Gasteiger partial charge in [0.05, 0.1) is 5.75 Å². The molecule has 0 radical (unpaired) electrons. The number of hydrogen-bond donors (Lipinski definition) is 1. The summed E-state index contributed by atoms with van der Waals surface area (Å²) in [5.74, 6) is -0.00610. The number of anilines is 1. The van der Waals surface area contributed by atoms with Crippen LogP contribution in [0.3, 0.4) is 0 Å². The molecule has 0 aliphatic rings. The summed E-state index contributed by atoms with van der Waals surface area (Å²) in [7, 11) is -3.17. The number of hydrogen-bond acceptors (Lipinski definition) is 6. The zero-order valence-electron chi connectivity index (χ0n) is 8.10. The largest absolute Gasteiger partial charge is 0.407 e. The molecule has 0 unspecified atom stereocenters. The molecular formula is C7H13N3O3S. The van der Waals surface area contributed by atoms with Gasteiger partial charge in [-0.25, -0.2) is 8.42 Å². The lowest BCUT2D eigenvalue weighted by atomic mass is 10.3. The van der Waals surface area contributed by atoms with Crippen LogP contribution in [0.5, 0.6) is 0 Å². The van der Waals surface area contributed by atoms with Gasteiger partial charge in [0, 0.05) is 0 Å². The molecule has 2 N–H and O–H groups in total. The Hall–Kier alpha value is -1.11. The van der Waals surface area contributed by atoms with Gasteiger partial charge in [0.25, 0.3) is 0 Å². The molecule has 0 aliphatic carbocycles. The standard InChI is InChI=1S/C7H13N3O3S/c1-5(2)3-14(11,12)4-6-9-10-7(8)13-6/h5H,3-4H2,1-2H3,(H2,8,10). The quantitative estimate of drug-likeness (QED) is 0.777. The van der Waals surface area contributed by atoms with Gasteiger partial charge < -0.3 is 10.2 Å². The lowest BCUT2D eigenvalue weighted by molar-refractivity contribution is 0.520. The van der Waals surface area contributed by atoms with Crippen molar-refractivity contribution >= 4 is 15.9 Å². The number of sulfone groups is 1. The Kier molecular flexibility index (Phi) is 3.10. The summed E-state index contributed by atoms with van der Waals surface area (Å²) in [6.07, 6.45) is 0. The van der Waals surface area contributed by atoms with E-state index in [0.717, 1.165) is 0 Å². The van der Waals surface area contributed by atoms with Crippen LogP contribution in [0.1, 0.15) is 19.7 Å². The summed E-state index contributed by atoms with van der Waals surface area (Å²) in [4.78, 5) is 0. The molecule has 0 atom stereocenters. The molecule has 1 rings (SSSR count). The minimum Gasteiger partial charge on any atom is -0.407 e. The van der Waals surface area contributed by atoms with Crippen LogP contribution < -0.4 is 5.73 Å². The molecule has 1 aromatic heterocycles. The smallest absolute Gasteiger partial charge is 0.312 e. The molecule has 0 spiro atoms. The number of nitrogens with two attached hydrogens (primary N) is 1. The Morgan fingerprint density at radius 1 is 1.43 bits per heavy atom. The third-order valence-corrected chi connectivity index (χ3v) is 3.27. The predicted molar refractivity (Wildman–Crippen MR) is 51.0 cm³/mol. The first kappa shape index (κ1) is 11.0. The molecule has 80 valence electrons. The maximum absolute atomic E-state index is 11.5. The van der Waals surface area contributed by atoms with E-state index < -0.39 is 9.84 Å². The highest BCUT2D eigenvalue weighted by molar-refractivity contribution is 7.90. The summed E-state index contributed by atoms with van der Waals surface area (Å²) in [6.45, 7) is 3.67. The van der Waals surface area contributed by atoms with E-state index in [4.69, 9.17) is 10.2 Å². The van der Waals surface area contributed by atoms with Crippen LogP contribution in [-0.4, -0.2) is 24.4 Å². The number of nitrogen functional groups attached to an aromatic ring is 1. The van der Waals surface area contributed by atoms with E-state index in [0.29, 0.717) is 0 Å². The first-order valence-corrected chi connectivity index (χ1v) is 5.99. The minimum absolute atomic E-state index is 0.0446. The lowest BCUT2D eigenvalue weighted by Crippen LogP contribution is -2.14. The molecule has 0 aromatic carbocycles. The molecule has 7 heteroatoms. The molecule has 0 saturated carbocycles. The second kappa shape index (κ2) is 3.95. The van der Waals surface area contributed by atoms with E-state index >= 15 is 0 Å². The van der Waals surface area contributed by atoms with Gasteiger partial charge in [0.1, 0.15) is 5.75 Å². The van der Waals surface area contributed by atoms with E-state index in [9.17, 15) is 8.42 Å². The van der Waals surface area contributed by atoms with Crippen LogP contribution in [0.2, 0.25) is 0 Å². The van der Waals surface area contributed by atoms with Crippen LogP contribution in [0.15, 0.2) is 4.42 Å². The zero-order chi connectivity index (χ0) is 10.8. The van der Waals surface area contributed by atoms with Crippen molar-refractivity contribution in [2.24, 2.45) is 5.92 Å². The maximum atomic E-state index is 11.5. The van der Waals surface area contributed by atoms with E-state index in [1.54, 1.807) is 0 Å². The Morgan fingerprint density at radius 2 is 2.07 bits per heavy atom. The highest BCUT2D eigenvalue weighted by Crippen LogP contribution is 2.09. The van der Waals surface area contributed by atoms with E-state index in [-0.39, 0.29) is 29.3 Å². The second-order valence-electron chi connectivity index (χ2n) is 3.48. The van der Waals surface area contributed by atoms with Crippen LogP contribution >= 0.6 is 0 Å². The van der Waals surface area contributed by atoms with Crippen LogP contribution in [0.25, 0.3) is 0 Å². The van der Waals surface area contributed by atoms with Crippen molar-refractivity contribution in [3.05, 3.63) is 5.89 Å². The Bertz CT molecular complexity index is 396. The van der Waals surface area contributed by atoms with E-state index in [1.165, 1.54) is 0 Å². The summed E-state index contributed by atoms with van der Waals surface area (Å²) in [6, 6.07) is -0.111. The van der Waals surface area contributed by atoms with Crippen molar-refractivity contribution in [1.82, 2.24) is 10.2 Å². The molecule has 0 fully saturated rings. The van der Waals surface area contributed by atoms with E-state index in [2.05, 4.69) is 10.2 Å². The predicted octanol–water partition coefficient (Wildman–Crippen LogP) is 0.223. The van der Waals surface area contributed by atoms with Crippen molar-refractivity contribution in [2.45, 2.75) is 19.6 Å². The fraction of sp³-hybridized carbons (Fsp3) is 0.714. The van der Waals surface area contributed by atoms with Gasteiger partial charge in [-0.1, -0.05) is 18.9 Å². The summed E-state index contributed by atoms with van der Waals surface area (Å²) < 4.78 is 27.7.